The second-order valence-corrected chi connectivity index (χ2v) is 8.47. The van der Waals surface area contributed by atoms with Gasteiger partial charge < -0.3 is 24.2 Å². The van der Waals surface area contributed by atoms with Gasteiger partial charge in [0.2, 0.25) is 0 Å². The smallest absolute Gasteiger partial charge is 0.258 e. The van der Waals surface area contributed by atoms with Gasteiger partial charge in [-0.15, -0.1) is 0 Å². The Morgan fingerprint density at radius 3 is 2.29 bits per heavy atom. The summed E-state index contributed by atoms with van der Waals surface area (Å²) in [6, 6.07) is 13.5. The Balaban J connectivity index is 1.79. The van der Waals surface area contributed by atoms with Crippen LogP contribution in [0.1, 0.15) is 34.0 Å². The summed E-state index contributed by atoms with van der Waals surface area (Å²) >= 11 is 0. The van der Waals surface area contributed by atoms with Gasteiger partial charge in [0, 0.05) is 18.2 Å². The van der Waals surface area contributed by atoms with E-state index in [1.807, 2.05) is 19.1 Å². The Morgan fingerprint density at radius 2 is 1.68 bits per heavy atom. The number of methoxy groups -OCH3 is 2. The summed E-state index contributed by atoms with van der Waals surface area (Å²) < 4.78 is 30.8. The predicted octanol–water partition coefficient (Wildman–Crippen LogP) is 4.73. The topological polar surface area (TPSA) is 68.2 Å². The van der Waals surface area contributed by atoms with Crippen LogP contribution in [0.4, 0.5) is 4.39 Å². The van der Waals surface area contributed by atoms with E-state index >= 15 is 0 Å². The first-order valence-electron chi connectivity index (χ1n) is 11.0. The van der Waals surface area contributed by atoms with Gasteiger partial charge in [-0.05, 0) is 72.5 Å². The molecule has 1 N–H and O–H groups in total. The zero-order valence-corrected chi connectivity index (χ0v) is 19.7. The SMILES string of the molecule is COc1cc(CN2C[C@@H](C)Oc3c(cc(CO)cc3-c3ccc(F)cc3C)C2=O)cc(OC)c1. The number of hydrogen-bond donors (Lipinski definition) is 1. The highest BCUT2D eigenvalue weighted by Gasteiger charge is 2.30. The molecule has 1 aliphatic heterocycles. The van der Waals surface area contributed by atoms with Gasteiger partial charge in [0.25, 0.3) is 5.91 Å². The molecule has 1 heterocycles. The molecule has 0 radical (unpaired) electrons. The molecule has 7 heteroatoms. The van der Waals surface area contributed by atoms with Crippen molar-refractivity contribution in [3.8, 4) is 28.4 Å². The van der Waals surface area contributed by atoms with Crippen molar-refractivity contribution in [3.63, 3.8) is 0 Å². The monoisotopic (exact) mass is 465 g/mol. The lowest BCUT2D eigenvalue weighted by Gasteiger charge is -2.23. The highest BCUT2D eigenvalue weighted by atomic mass is 19.1. The van der Waals surface area contributed by atoms with Crippen molar-refractivity contribution >= 4 is 5.91 Å². The molecule has 0 saturated heterocycles. The molecule has 3 aromatic rings. The van der Waals surface area contributed by atoms with Crippen LogP contribution in [-0.4, -0.2) is 42.8 Å². The molecule has 0 aromatic heterocycles. The maximum atomic E-state index is 13.8. The van der Waals surface area contributed by atoms with Crippen molar-refractivity contribution in [2.75, 3.05) is 20.8 Å². The Kier molecular flexibility index (Phi) is 6.75. The number of benzene rings is 3. The number of aliphatic hydroxyl groups is 1. The van der Waals surface area contributed by atoms with Crippen molar-refractivity contribution in [3.05, 3.63) is 76.6 Å². The standard InChI is InChI=1S/C27H28FNO5/c1-16-7-20(28)5-6-23(16)24-10-19(15-30)11-25-26(24)34-17(2)13-29(27(25)31)14-18-8-21(32-3)12-22(9-18)33-4/h5-12,17,30H,13-15H2,1-4H3/t17-/m1/s1. The molecular weight excluding hydrogens is 437 g/mol. The van der Waals surface area contributed by atoms with Gasteiger partial charge in [-0.2, -0.15) is 0 Å². The summed E-state index contributed by atoms with van der Waals surface area (Å²) in [4.78, 5) is 15.4. The third-order valence-electron chi connectivity index (χ3n) is 5.91. The molecule has 0 saturated carbocycles. The van der Waals surface area contributed by atoms with Crippen LogP contribution in [0.15, 0.2) is 48.5 Å². The van der Waals surface area contributed by atoms with E-state index in [0.717, 1.165) is 11.1 Å². The third-order valence-corrected chi connectivity index (χ3v) is 5.91. The number of aryl methyl sites for hydroxylation is 1. The van der Waals surface area contributed by atoms with Crippen LogP contribution in [0.2, 0.25) is 0 Å². The van der Waals surface area contributed by atoms with Crippen LogP contribution in [0.25, 0.3) is 11.1 Å². The normalized spacial score (nSPS) is 15.4. The molecule has 0 spiro atoms. The van der Waals surface area contributed by atoms with Crippen molar-refractivity contribution in [2.24, 2.45) is 0 Å². The molecule has 4 rings (SSSR count). The number of amides is 1. The fourth-order valence-electron chi connectivity index (χ4n) is 4.31. The Hall–Kier alpha value is -3.58. The quantitative estimate of drug-likeness (QED) is 0.570. The van der Waals surface area contributed by atoms with Gasteiger partial charge in [-0.3, -0.25) is 4.79 Å². The predicted molar refractivity (Wildman–Crippen MR) is 127 cm³/mol. The number of fused-ring (bicyclic) bond motifs is 1. The highest BCUT2D eigenvalue weighted by Crippen LogP contribution is 2.39. The lowest BCUT2D eigenvalue weighted by atomic mass is 9.94. The van der Waals surface area contributed by atoms with E-state index in [1.54, 1.807) is 50.3 Å². The molecule has 6 nitrogen and oxygen atoms in total. The van der Waals surface area contributed by atoms with Crippen LogP contribution in [0.5, 0.6) is 17.2 Å². The average Bonchev–Trinajstić information content (AvgIpc) is 2.94. The maximum absolute atomic E-state index is 13.8. The van der Waals surface area contributed by atoms with Gasteiger partial charge in [0.15, 0.2) is 0 Å². The summed E-state index contributed by atoms with van der Waals surface area (Å²) in [6.45, 7) is 4.16. The Morgan fingerprint density at radius 1 is 1.00 bits per heavy atom. The summed E-state index contributed by atoms with van der Waals surface area (Å²) in [5.74, 6) is 1.17. The van der Waals surface area contributed by atoms with E-state index in [1.165, 1.54) is 12.1 Å². The number of hydrogen-bond acceptors (Lipinski definition) is 5. The van der Waals surface area contributed by atoms with Gasteiger partial charge in [-0.1, -0.05) is 6.07 Å². The van der Waals surface area contributed by atoms with Crippen LogP contribution in [0, 0.1) is 12.7 Å². The minimum Gasteiger partial charge on any atom is -0.497 e. The maximum Gasteiger partial charge on any atom is 0.258 e. The molecule has 34 heavy (non-hydrogen) atoms. The van der Waals surface area contributed by atoms with E-state index in [9.17, 15) is 14.3 Å². The summed E-state index contributed by atoms with van der Waals surface area (Å²) in [7, 11) is 3.16. The van der Waals surface area contributed by atoms with Gasteiger partial charge in [0.05, 0.1) is 32.9 Å². The molecule has 0 fully saturated rings. The molecule has 1 amide bonds. The van der Waals surface area contributed by atoms with Gasteiger partial charge >= 0.3 is 0 Å². The van der Waals surface area contributed by atoms with E-state index in [4.69, 9.17) is 14.2 Å². The highest BCUT2D eigenvalue weighted by molar-refractivity contribution is 6.00. The first-order chi connectivity index (χ1) is 16.3. The van der Waals surface area contributed by atoms with Crippen molar-refractivity contribution in [2.45, 2.75) is 33.1 Å². The van der Waals surface area contributed by atoms with Crippen molar-refractivity contribution in [1.82, 2.24) is 4.90 Å². The lowest BCUT2D eigenvalue weighted by Crippen LogP contribution is -2.35. The molecule has 0 bridgehead atoms. The summed E-state index contributed by atoms with van der Waals surface area (Å²) in [6.07, 6.45) is -0.294. The number of aliphatic hydroxyl groups excluding tert-OH is 1. The van der Waals surface area contributed by atoms with Crippen LogP contribution < -0.4 is 14.2 Å². The van der Waals surface area contributed by atoms with Crippen LogP contribution in [0.3, 0.4) is 0 Å². The zero-order valence-electron chi connectivity index (χ0n) is 19.7. The summed E-state index contributed by atoms with van der Waals surface area (Å²) in [5.41, 5.74) is 3.92. The molecule has 1 aliphatic rings. The first kappa shape index (κ1) is 23.6. The van der Waals surface area contributed by atoms with E-state index < -0.39 is 0 Å². The minimum absolute atomic E-state index is 0.211. The average molecular weight is 466 g/mol. The number of rotatable bonds is 6. The van der Waals surface area contributed by atoms with Crippen molar-refractivity contribution in [1.29, 1.82) is 0 Å². The number of halogens is 1. The third kappa shape index (κ3) is 4.70. The Bertz CT molecular complexity index is 1200. The molecule has 0 aliphatic carbocycles. The van der Waals surface area contributed by atoms with Crippen molar-refractivity contribution < 1.29 is 28.5 Å². The van der Waals surface area contributed by atoms with Gasteiger partial charge in [-0.25, -0.2) is 4.39 Å². The molecular formula is C27H28FNO5. The summed E-state index contributed by atoms with van der Waals surface area (Å²) in [5, 5.41) is 9.90. The number of ether oxygens (including phenoxy) is 3. The number of carbonyl (C=O) groups is 1. The molecule has 1 atom stereocenters. The fourth-order valence-corrected chi connectivity index (χ4v) is 4.31. The zero-order chi connectivity index (χ0) is 24.4. The van der Waals surface area contributed by atoms with Crippen LogP contribution >= 0.6 is 0 Å². The number of carbonyl (C=O) groups excluding carboxylic acids is 1. The minimum atomic E-state index is -0.337. The van der Waals surface area contributed by atoms with Gasteiger partial charge in [0.1, 0.15) is 29.2 Å². The molecule has 3 aromatic carbocycles. The second kappa shape index (κ2) is 9.73. The largest absolute Gasteiger partial charge is 0.497 e. The fraction of sp³-hybridized carbons (Fsp3) is 0.296. The van der Waals surface area contributed by atoms with E-state index in [-0.39, 0.29) is 24.4 Å². The van der Waals surface area contributed by atoms with E-state index in [2.05, 4.69) is 0 Å². The van der Waals surface area contributed by atoms with E-state index in [0.29, 0.717) is 52.6 Å². The lowest BCUT2D eigenvalue weighted by molar-refractivity contribution is 0.0706. The van der Waals surface area contributed by atoms with Crippen LogP contribution in [-0.2, 0) is 13.2 Å². The first-order valence-corrected chi connectivity index (χ1v) is 11.0. The second-order valence-electron chi connectivity index (χ2n) is 8.47. The Labute approximate surface area is 198 Å². The number of nitrogens with zero attached hydrogens (tertiary/aromatic N) is 1. The molecule has 178 valence electrons. The molecule has 0 unspecified atom stereocenters.